The molecule has 0 bridgehead atoms. The monoisotopic (exact) mass is 249 g/mol. The van der Waals surface area contributed by atoms with Gasteiger partial charge in [0.05, 0.1) is 6.61 Å². The number of unbranched alkanes of at least 4 members (excludes halogenated alkanes) is 1. The van der Waals surface area contributed by atoms with Gasteiger partial charge in [-0.05, 0) is 19.0 Å². The van der Waals surface area contributed by atoms with E-state index in [9.17, 15) is 9.90 Å². The zero-order valence-corrected chi connectivity index (χ0v) is 10.6. The van der Waals surface area contributed by atoms with Crippen molar-refractivity contribution < 1.29 is 14.6 Å². The Bertz CT molecular complexity index is 433. The number of aliphatic carboxylic acids is 1. The van der Waals surface area contributed by atoms with E-state index < -0.39 is 11.5 Å². The average molecular weight is 249 g/mol. The summed E-state index contributed by atoms with van der Waals surface area (Å²) in [4.78, 5) is 11.7. The van der Waals surface area contributed by atoms with Crippen molar-refractivity contribution in [3.63, 3.8) is 0 Å². The van der Waals surface area contributed by atoms with Crippen molar-refractivity contribution >= 4 is 5.97 Å². The number of rotatable bonds is 5. The first-order valence-electron chi connectivity index (χ1n) is 6.41. The maximum absolute atomic E-state index is 11.7. The second-order valence-electron chi connectivity index (χ2n) is 4.59. The van der Waals surface area contributed by atoms with Gasteiger partial charge in [-0.1, -0.05) is 31.5 Å². The smallest absolute Gasteiger partial charge is 0.328 e. The molecule has 98 valence electrons. The van der Waals surface area contributed by atoms with E-state index in [4.69, 9.17) is 4.74 Å². The van der Waals surface area contributed by atoms with Gasteiger partial charge in [0.1, 0.15) is 11.3 Å². The first-order valence-corrected chi connectivity index (χ1v) is 6.41. The van der Waals surface area contributed by atoms with E-state index >= 15 is 0 Å². The van der Waals surface area contributed by atoms with Gasteiger partial charge in [-0.2, -0.15) is 0 Å². The first-order chi connectivity index (χ1) is 8.70. The van der Waals surface area contributed by atoms with Crippen molar-refractivity contribution in [3.05, 3.63) is 29.8 Å². The number of carboxylic acids is 1. The molecule has 2 rings (SSSR count). The molecule has 0 aliphatic carbocycles. The van der Waals surface area contributed by atoms with Crippen LogP contribution in [0.15, 0.2) is 24.3 Å². The molecule has 2 N–H and O–H groups in total. The maximum atomic E-state index is 11.7. The molecule has 0 saturated heterocycles. The van der Waals surface area contributed by atoms with E-state index in [0.717, 1.165) is 18.4 Å². The molecular formula is C14H19NO3. The summed E-state index contributed by atoms with van der Waals surface area (Å²) in [6, 6.07) is 7.38. The summed E-state index contributed by atoms with van der Waals surface area (Å²) in [5, 5.41) is 12.8. The molecule has 4 nitrogen and oxygen atoms in total. The van der Waals surface area contributed by atoms with Crippen LogP contribution < -0.4 is 10.1 Å². The zero-order valence-electron chi connectivity index (χ0n) is 10.6. The summed E-state index contributed by atoms with van der Waals surface area (Å²) in [5.74, 6) is -0.149. The van der Waals surface area contributed by atoms with E-state index in [-0.39, 0.29) is 0 Å². The van der Waals surface area contributed by atoms with Crippen LogP contribution in [0.4, 0.5) is 0 Å². The third-order valence-electron chi connectivity index (χ3n) is 3.40. The predicted molar refractivity (Wildman–Crippen MR) is 68.8 cm³/mol. The normalized spacial score (nSPS) is 22.1. The Balaban J connectivity index is 2.33. The molecule has 0 saturated carbocycles. The Morgan fingerprint density at radius 3 is 3.00 bits per heavy atom. The lowest BCUT2D eigenvalue weighted by atomic mass is 9.84. The lowest BCUT2D eigenvalue weighted by molar-refractivity contribution is -0.146. The molecule has 1 aromatic carbocycles. The summed E-state index contributed by atoms with van der Waals surface area (Å²) in [6.07, 6.45) is 2.47. The van der Waals surface area contributed by atoms with Crippen LogP contribution in [0.3, 0.4) is 0 Å². The lowest BCUT2D eigenvalue weighted by Crippen LogP contribution is -2.52. The van der Waals surface area contributed by atoms with Crippen molar-refractivity contribution in [2.24, 2.45) is 0 Å². The number of fused-ring (bicyclic) bond motifs is 1. The molecule has 1 atom stereocenters. The van der Waals surface area contributed by atoms with Crippen molar-refractivity contribution in [1.82, 2.24) is 5.32 Å². The third kappa shape index (κ3) is 2.20. The van der Waals surface area contributed by atoms with Gasteiger partial charge in [-0.15, -0.1) is 0 Å². The minimum atomic E-state index is -0.996. The molecule has 0 aromatic heterocycles. The quantitative estimate of drug-likeness (QED) is 0.785. The lowest BCUT2D eigenvalue weighted by Gasteiger charge is -2.36. The van der Waals surface area contributed by atoms with Crippen molar-refractivity contribution in [2.75, 3.05) is 13.2 Å². The third-order valence-corrected chi connectivity index (χ3v) is 3.40. The number of carboxylic acid groups (broad SMARTS) is 1. The van der Waals surface area contributed by atoms with E-state index in [1.54, 1.807) is 0 Å². The molecule has 1 aliphatic heterocycles. The summed E-state index contributed by atoms with van der Waals surface area (Å²) in [5.41, 5.74) is -0.260. The molecule has 1 aromatic rings. The highest BCUT2D eigenvalue weighted by Gasteiger charge is 2.44. The predicted octanol–water partition coefficient (Wildman–Crippen LogP) is 2.14. The molecule has 1 unspecified atom stereocenters. The number of nitrogens with one attached hydrogen (secondary N) is 1. The molecule has 0 radical (unpaired) electrons. The van der Waals surface area contributed by atoms with E-state index in [2.05, 4.69) is 12.2 Å². The molecular weight excluding hydrogens is 230 g/mol. The summed E-state index contributed by atoms with van der Waals surface area (Å²) in [6.45, 7) is 3.23. The fraction of sp³-hybridized carbons (Fsp3) is 0.500. The Morgan fingerprint density at radius 1 is 1.50 bits per heavy atom. The highest BCUT2D eigenvalue weighted by molar-refractivity contribution is 5.82. The van der Waals surface area contributed by atoms with Gasteiger partial charge >= 0.3 is 5.97 Å². The minimum absolute atomic E-state index is 0.433. The number of benzene rings is 1. The molecule has 1 aliphatic rings. The van der Waals surface area contributed by atoms with Crippen LogP contribution in [0.2, 0.25) is 0 Å². The van der Waals surface area contributed by atoms with Gasteiger partial charge in [-0.3, -0.25) is 5.32 Å². The van der Waals surface area contributed by atoms with E-state index in [1.807, 2.05) is 24.3 Å². The Kier molecular flexibility index (Phi) is 3.87. The fourth-order valence-electron chi connectivity index (χ4n) is 2.35. The molecule has 18 heavy (non-hydrogen) atoms. The van der Waals surface area contributed by atoms with Gasteiger partial charge in [-0.25, -0.2) is 4.79 Å². The number of ether oxygens (including phenoxy) is 1. The SMILES string of the molecule is CCCCNC1(C(=O)O)CCOc2ccccc21. The first kappa shape index (κ1) is 12.9. The van der Waals surface area contributed by atoms with E-state index in [1.165, 1.54) is 0 Å². The number of hydrogen-bond donors (Lipinski definition) is 2. The van der Waals surface area contributed by atoms with Crippen LogP contribution in [0.1, 0.15) is 31.7 Å². The highest BCUT2D eigenvalue weighted by atomic mass is 16.5. The van der Waals surface area contributed by atoms with Gasteiger partial charge in [0, 0.05) is 12.0 Å². The second-order valence-corrected chi connectivity index (χ2v) is 4.59. The molecule has 0 fully saturated rings. The minimum Gasteiger partial charge on any atom is -0.493 e. The van der Waals surface area contributed by atoms with Crippen LogP contribution in [-0.4, -0.2) is 24.2 Å². The zero-order chi connectivity index (χ0) is 13.0. The van der Waals surface area contributed by atoms with Crippen molar-refractivity contribution in [1.29, 1.82) is 0 Å². The highest BCUT2D eigenvalue weighted by Crippen LogP contribution is 2.37. The van der Waals surface area contributed by atoms with Crippen LogP contribution in [0.5, 0.6) is 5.75 Å². The van der Waals surface area contributed by atoms with Gasteiger partial charge < -0.3 is 9.84 Å². The fourth-order valence-corrected chi connectivity index (χ4v) is 2.35. The second kappa shape index (κ2) is 5.40. The van der Waals surface area contributed by atoms with Crippen LogP contribution in [0, 0.1) is 0 Å². The largest absolute Gasteiger partial charge is 0.493 e. The number of hydrogen-bond acceptors (Lipinski definition) is 3. The van der Waals surface area contributed by atoms with Crippen LogP contribution in [0.25, 0.3) is 0 Å². The Morgan fingerprint density at radius 2 is 2.28 bits per heavy atom. The summed E-state index contributed by atoms with van der Waals surface area (Å²) >= 11 is 0. The Hall–Kier alpha value is -1.55. The molecule has 0 amide bonds. The van der Waals surface area contributed by atoms with Crippen LogP contribution in [-0.2, 0) is 10.3 Å². The topological polar surface area (TPSA) is 58.6 Å². The average Bonchev–Trinajstić information content (AvgIpc) is 2.39. The molecule has 4 heteroatoms. The summed E-state index contributed by atoms with van der Waals surface area (Å²) < 4.78 is 5.53. The van der Waals surface area contributed by atoms with Crippen molar-refractivity contribution in [3.8, 4) is 5.75 Å². The number of carbonyl (C=O) groups is 1. The van der Waals surface area contributed by atoms with Gasteiger partial charge in [0.2, 0.25) is 0 Å². The maximum Gasteiger partial charge on any atom is 0.328 e. The van der Waals surface area contributed by atoms with E-state index in [0.29, 0.717) is 25.3 Å². The van der Waals surface area contributed by atoms with Crippen molar-refractivity contribution in [2.45, 2.75) is 31.7 Å². The molecule has 1 heterocycles. The van der Waals surface area contributed by atoms with Gasteiger partial charge in [0.15, 0.2) is 0 Å². The number of para-hydroxylation sites is 1. The Labute approximate surface area is 107 Å². The van der Waals surface area contributed by atoms with Crippen LogP contribution >= 0.6 is 0 Å². The van der Waals surface area contributed by atoms with Gasteiger partial charge in [0.25, 0.3) is 0 Å². The molecule has 0 spiro atoms. The standard InChI is InChI=1S/C14H19NO3/c1-2-3-9-15-14(13(16)17)8-10-18-12-7-5-4-6-11(12)14/h4-7,15H,2-3,8-10H2,1H3,(H,16,17). The summed E-state index contributed by atoms with van der Waals surface area (Å²) in [7, 11) is 0.